The first-order valence-corrected chi connectivity index (χ1v) is 15.6. The van der Waals surface area contributed by atoms with E-state index < -0.39 is 39.9 Å². The van der Waals surface area contributed by atoms with Gasteiger partial charge in [-0.2, -0.15) is 0 Å². The van der Waals surface area contributed by atoms with Gasteiger partial charge in [0, 0.05) is 25.6 Å². The summed E-state index contributed by atoms with van der Waals surface area (Å²) in [7, 11) is -1.86. The number of hydrogen-bond donors (Lipinski definition) is 3. The summed E-state index contributed by atoms with van der Waals surface area (Å²) in [6.07, 6.45) is 3.35. The molecule has 0 aliphatic rings. The second-order valence-electron chi connectivity index (χ2n) is 10.6. The summed E-state index contributed by atoms with van der Waals surface area (Å²) < 4.78 is 15.1. The zero-order valence-corrected chi connectivity index (χ0v) is 27.1. The van der Waals surface area contributed by atoms with Crippen LogP contribution < -0.4 is 10.6 Å². The maximum absolute atomic E-state index is 13.6. The Kier molecular flexibility index (Phi) is 20.3. The van der Waals surface area contributed by atoms with Crippen LogP contribution in [-0.4, -0.2) is 68.0 Å². The lowest BCUT2D eigenvalue weighted by atomic mass is 10.0. The number of aliphatic hydroxyl groups excluding tert-OH is 1. The lowest BCUT2D eigenvalue weighted by Gasteiger charge is -2.30. The van der Waals surface area contributed by atoms with Gasteiger partial charge in [0.15, 0.2) is 0 Å². The maximum Gasteiger partial charge on any atom is 0.247 e. The van der Waals surface area contributed by atoms with Crippen molar-refractivity contribution in [3.63, 3.8) is 0 Å². The van der Waals surface area contributed by atoms with E-state index >= 15 is 0 Å². The molecule has 0 aromatic heterocycles. The molecule has 3 N–H and O–H groups in total. The van der Waals surface area contributed by atoms with Crippen molar-refractivity contribution in [1.82, 2.24) is 14.9 Å². The van der Waals surface area contributed by atoms with Crippen molar-refractivity contribution >= 4 is 34.4 Å². The zero-order valence-electron chi connectivity index (χ0n) is 25.5. The molecular weight excluding hydrogens is 580 g/mol. The highest BCUT2D eigenvalue weighted by molar-refractivity contribution is 7.86. The second-order valence-corrected chi connectivity index (χ2v) is 12.4. The van der Waals surface area contributed by atoms with Crippen molar-refractivity contribution in [2.45, 2.75) is 66.5 Å². The number of aliphatic hydroxyl groups is 1. The predicted molar refractivity (Wildman–Crippen MR) is 171 cm³/mol. The van der Waals surface area contributed by atoms with Gasteiger partial charge in [0.05, 0.1) is 28.5 Å². The largest absolute Gasteiger partial charge is 0.390 e. The number of alkyl halides is 1. The molecule has 236 valence electrons. The van der Waals surface area contributed by atoms with E-state index in [1.807, 2.05) is 44.2 Å². The number of nitro groups is 1. The highest BCUT2D eigenvalue weighted by Gasteiger charge is 2.28. The summed E-state index contributed by atoms with van der Waals surface area (Å²) in [6.45, 7) is 15.5. The van der Waals surface area contributed by atoms with Crippen LogP contribution in [0.5, 0.6) is 0 Å². The Hall–Kier alpha value is -2.86. The normalized spacial score (nSPS) is 14.1. The molecular formula is C30H47ClN4O6S. The number of carbonyl (C=O) groups is 2. The van der Waals surface area contributed by atoms with Crippen LogP contribution in [0.4, 0.5) is 0 Å². The number of hydrogen-bond acceptors (Lipinski definition) is 6. The zero-order chi connectivity index (χ0) is 32.2. The number of benzene rings is 1. The van der Waals surface area contributed by atoms with Gasteiger partial charge in [0.25, 0.3) is 0 Å². The predicted octanol–water partition coefficient (Wildman–Crippen LogP) is 4.35. The van der Waals surface area contributed by atoms with Crippen LogP contribution in [0.1, 0.15) is 53.5 Å². The van der Waals surface area contributed by atoms with Gasteiger partial charge in [-0.1, -0.05) is 84.5 Å². The van der Waals surface area contributed by atoms with E-state index in [1.165, 1.54) is 22.5 Å². The van der Waals surface area contributed by atoms with Gasteiger partial charge in [-0.15, -0.1) is 11.6 Å². The van der Waals surface area contributed by atoms with Gasteiger partial charge in [0.1, 0.15) is 16.9 Å². The van der Waals surface area contributed by atoms with Gasteiger partial charge in [-0.25, -0.2) is 8.51 Å². The van der Waals surface area contributed by atoms with Crippen LogP contribution in [0.2, 0.25) is 0 Å². The monoisotopic (exact) mass is 626 g/mol. The number of halogens is 1. The highest BCUT2D eigenvalue weighted by atomic mass is 35.5. The molecule has 1 rings (SSSR count). The van der Waals surface area contributed by atoms with E-state index in [-0.39, 0.29) is 48.3 Å². The molecule has 0 saturated carbocycles. The van der Waals surface area contributed by atoms with Crippen LogP contribution in [0.3, 0.4) is 0 Å². The molecule has 0 aliphatic carbocycles. The molecule has 0 aliphatic heterocycles. The fraction of sp³-hybridized carbons (Fsp3) is 0.533. The SMILES string of the molecule is C=C/C=C(\C=C(/CC)[N+](=O)[O-])S(=O)N(CC(C)C)CC(O)C(Cc1ccccc1)NC(=O)CNC(=O)CCl.CC(C)C. The first-order chi connectivity index (χ1) is 19.7. The molecule has 10 nitrogen and oxygen atoms in total. The summed E-state index contributed by atoms with van der Waals surface area (Å²) >= 11 is 5.46. The number of nitrogens with one attached hydrogen (secondary N) is 2. The molecule has 0 spiro atoms. The number of allylic oxidation sites excluding steroid dienone is 4. The molecule has 42 heavy (non-hydrogen) atoms. The molecule has 3 unspecified atom stereocenters. The maximum atomic E-state index is 13.6. The second kappa shape index (κ2) is 21.8. The third kappa shape index (κ3) is 17.2. The van der Waals surface area contributed by atoms with Crippen molar-refractivity contribution in [3.05, 3.63) is 81.4 Å². The highest BCUT2D eigenvalue weighted by Crippen LogP contribution is 2.18. The minimum absolute atomic E-state index is 0.0502. The van der Waals surface area contributed by atoms with E-state index in [0.29, 0.717) is 6.54 Å². The molecule has 0 heterocycles. The quantitative estimate of drug-likeness (QED) is 0.102. The Morgan fingerprint density at radius 2 is 1.74 bits per heavy atom. The van der Waals surface area contributed by atoms with E-state index in [4.69, 9.17) is 11.6 Å². The van der Waals surface area contributed by atoms with Crippen LogP contribution in [-0.2, 0) is 27.0 Å². The molecule has 1 aromatic rings. The van der Waals surface area contributed by atoms with Crippen LogP contribution in [0.15, 0.2) is 65.7 Å². The smallest absolute Gasteiger partial charge is 0.247 e. The Morgan fingerprint density at radius 1 is 1.14 bits per heavy atom. The first kappa shape index (κ1) is 39.1. The Labute approximate surface area is 258 Å². The molecule has 3 atom stereocenters. The topological polar surface area (TPSA) is 142 Å². The van der Waals surface area contributed by atoms with Crippen LogP contribution in [0.25, 0.3) is 0 Å². The molecule has 2 amide bonds. The minimum atomic E-state index is -1.86. The number of rotatable bonds is 17. The Bertz CT molecular complexity index is 1080. The summed E-state index contributed by atoms with van der Waals surface area (Å²) in [4.78, 5) is 35.0. The van der Waals surface area contributed by atoms with Crippen molar-refractivity contribution in [2.75, 3.05) is 25.5 Å². The Morgan fingerprint density at radius 3 is 2.21 bits per heavy atom. The van der Waals surface area contributed by atoms with E-state index in [1.54, 1.807) is 6.92 Å². The van der Waals surface area contributed by atoms with Crippen molar-refractivity contribution in [2.24, 2.45) is 11.8 Å². The van der Waals surface area contributed by atoms with Gasteiger partial charge >= 0.3 is 0 Å². The van der Waals surface area contributed by atoms with Gasteiger partial charge in [0.2, 0.25) is 17.5 Å². The number of nitrogens with zero attached hydrogens (tertiary/aromatic N) is 2. The fourth-order valence-electron chi connectivity index (χ4n) is 3.46. The lowest BCUT2D eigenvalue weighted by Crippen LogP contribution is -2.52. The lowest BCUT2D eigenvalue weighted by molar-refractivity contribution is -0.427. The van der Waals surface area contributed by atoms with E-state index in [9.17, 15) is 29.0 Å². The Balaban J connectivity index is 0.00000393. The summed E-state index contributed by atoms with van der Waals surface area (Å²) in [5.74, 6) is -0.427. The number of carbonyl (C=O) groups excluding carboxylic acids is 2. The third-order valence-electron chi connectivity index (χ3n) is 5.26. The summed E-state index contributed by atoms with van der Waals surface area (Å²) in [6, 6.07) is 8.44. The fourth-order valence-corrected chi connectivity index (χ4v) is 5.02. The third-order valence-corrected chi connectivity index (χ3v) is 6.93. The average molecular weight is 627 g/mol. The van der Waals surface area contributed by atoms with Crippen molar-refractivity contribution in [3.8, 4) is 0 Å². The van der Waals surface area contributed by atoms with Gasteiger partial charge in [-0.05, 0) is 29.9 Å². The molecule has 0 bridgehead atoms. The average Bonchev–Trinajstić information content (AvgIpc) is 2.92. The minimum Gasteiger partial charge on any atom is -0.390 e. The first-order valence-electron chi connectivity index (χ1n) is 13.9. The summed E-state index contributed by atoms with van der Waals surface area (Å²) in [5, 5.41) is 27.7. The van der Waals surface area contributed by atoms with Crippen molar-refractivity contribution in [1.29, 1.82) is 0 Å². The van der Waals surface area contributed by atoms with Crippen LogP contribution >= 0.6 is 11.6 Å². The standard InChI is InChI=1S/C26H37ClN4O6S.C4H10/c1-5-10-22(14-21(6-2)31(35)36)38(37)30(17-19(3)4)18-24(32)23(13-20-11-8-7-9-12-20)29-26(34)16-28-25(33)15-27;1-4(2)3/h5,7-12,14,19,23-24,32H,1,6,13,15-18H2,2-4H3,(H,28,33)(H,29,34);4H,1-3H3/b21-14+,22-10+;. The summed E-state index contributed by atoms with van der Waals surface area (Å²) in [5.41, 5.74) is 0.747. The molecule has 0 fully saturated rings. The van der Waals surface area contributed by atoms with E-state index in [0.717, 1.165) is 11.5 Å². The molecule has 0 radical (unpaired) electrons. The number of amides is 2. The van der Waals surface area contributed by atoms with Crippen molar-refractivity contribution < 1.29 is 23.8 Å². The van der Waals surface area contributed by atoms with Gasteiger partial charge in [-0.3, -0.25) is 19.7 Å². The molecule has 0 saturated heterocycles. The van der Waals surface area contributed by atoms with Crippen LogP contribution in [0, 0.1) is 22.0 Å². The molecule has 1 aromatic carbocycles. The molecule has 12 heteroatoms. The van der Waals surface area contributed by atoms with E-state index in [2.05, 4.69) is 38.0 Å². The van der Waals surface area contributed by atoms with Gasteiger partial charge < -0.3 is 15.7 Å².